The van der Waals surface area contributed by atoms with E-state index in [1.54, 1.807) is 0 Å². The fraction of sp³-hybridized carbons (Fsp3) is 0.571. The summed E-state index contributed by atoms with van der Waals surface area (Å²) in [6.45, 7) is 22.3. The Morgan fingerprint density at radius 1 is 0.254 bits per heavy atom. The second-order valence-corrected chi connectivity index (χ2v) is 21.5. The van der Waals surface area contributed by atoms with Crippen LogP contribution in [-0.2, 0) is 4.12 Å². The minimum Gasteiger partial charge on any atom is -0.490 e. The van der Waals surface area contributed by atoms with E-state index in [9.17, 15) is 0 Å². The van der Waals surface area contributed by atoms with Crippen molar-refractivity contribution >= 4 is 38.8 Å². The maximum Gasteiger partial charge on any atom is 0.272 e. The molecule has 0 atom stereocenters. The zero-order chi connectivity index (χ0) is 47.9. The van der Waals surface area contributed by atoms with Gasteiger partial charge in [0.1, 0.15) is 0 Å². The molecule has 4 aromatic rings. The SMILES string of the molecule is CCCCOc1ccc([Si](O[Si](c2ccc(OCCCC)c(OCCCC)c2)c2ccc(OCCCC)c(OCCCC)c2)c2ccc(OCCCC)c(OCCCC)c2)cc1OCCCC. The second kappa shape index (κ2) is 33.2. The molecule has 67 heavy (non-hydrogen) atoms. The summed E-state index contributed by atoms with van der Waals surface area (Å²) in [5.41, 5.74) is 0. The van der Waals surface area contributed by atoms with Crippen molar-refractivity contribution in [3.05, 3.63) is 72.8 Å². The highest BCUT2D eigenvalue weighted by molar-refractivity contribution is 6.92. The quantitative estimate of drug-likeness (QED) is 0.0322. The lowest BCUT2D eigenvalue weighted by molar-refractivity contribution is 0.262. The third-order valence-corrected chi connectivity index (χ3v) is 16.0. The standard InChI is InChI=1S/C56H84O9Si2/c1-9-17-33-57-49-29-25-45(41-53(49)61-37-21-13-5)66(46-26-30-50(58-34-18-10-2)54(42-46)62-38-22-14-6)65-67(47-27-31-51(59-35-19-11-3)55(43-47)63-39-23-15-7)48-28-32-52(60-36-20-12-4)56(44-48)64-40-24-16-8/h25-32,41-44H,9-24,33-40H2,1-8H3. The van der Waals surface area contributed by atoms with E-state index in [1.165, 1.54) is 0 Å². The van der Waals surface area contributed by atoms with E-state index in [-0.39, 0.29) is 0 Å². The van der Waals surface area contributed by atoms with Crippen molar-refractivity contribution in [2.75, 3.05) is 52.9 Å². The molecule has 0 fully saturated rings. The van der Waals surface area contributed by atoms with E-state index in [0.29, 0.717) is 52.9 Å². The lowest BCUT2D eigenvalue weighted by Gasteiger charge is -2.26. The molecule has 9 nitrogen and oxygen atoms in total. The predicted molar refractivity (Wildman–Crippen MR) is 280 cm³/mol. The minimum absolute atomic E-state index is 0.599. The van der Waals surface area contributed by atoms with E-state index in [1.807, 2.05) is 0 Å². The van der Waals surface area contributed by atoms with Crippen molar-refractivity contribution in [3.8, 4) is 46.0 Å². The second-order valence-electron chi connectivity index (χ2n) is 17.0. The van der Waals surface area contributed by atoms with Crippen molar-refractivity contribution in [2.45, 2.75) is 158 Å². The van der Waals surface area contributed by atoms with Gasteiger partial charge in [-0.25, -0.2) is 0 Å². The third-order valence-electron chi connectivity index (χ3n) is 11.1. The molecule has 370 valence electrons. The zero-order valence-electron chi connectivity index (χ0n) is 42.6. The van der Waals surface area contributed by atoms with Crippen molar-refractivity contribution in [2.24, 2.45) is 0 Å². The Morgan fingerprint density at radius 2 is 0.433 bits per heavy atom. The van der Waals surface area contributed by atoms with Crippen LogP contribution >= 0.6 is 0 Å². The molecule has 0 amide bonds. The fourth-order valence-electron chi connectivity index (χ4n) is 6.81. The Balaban J connectivity index is 2.00. The molecule has 0 saturated carbocycles. The highest BCUT2D eigenvalue weighted by Gasteiger charge is 2.32. The van der Waals surface area contributed by atoms with Crippen LogP contribution in [0.5, 0.6) is 46.0 Å². The summed E-state index contributed by atoms with van der Waals surface area (Å²) in [6, 6.07) is 25.6. The van der Waals surface area contributed by atoms with E-state index >= 15 is 0 Å². The average molecular weight is 957 g/mol. The predicted octanol–water partition coefficient (Wildman–Crippen LogP) is 12.0. The molecule has 4 rings (SSSR count). The normalized spacial score (nSPS) is 11.3. The van der Waals surface area contributed by atoms with Crippen LogP contribution in [0.4, 0.5) is 0 Å². The van der Waals surface area contributed by atoms with Crippen molar-refractivity contribution in [1.82, 2.24) is 0 Å². The van der Waals surface area contributed by atoms with E-state index < -0.39 is 18.1 Å². The number of rotatable bonds is 38. The van der Waals surface area contributed by atoms with Crippen molar-refractivity contribution < 1.29 is 42.0 Å². The lowest BCUT2D eigenvalue weighted by atomic mass is 10.3. The number of hydrogen-bond donors (Lipinski definition) is 0. The molecule has 0 unspecified atom stereocenters. The van der Waals surface area contributed by atoms with E-state index in [0.717, 1.165) is 169 Å². The number of unbranched alkanes of at least 4 members (excludes halogenated alkanes) is 8. The highest BCUT2D eigenvalue weighted by atomic mass is 28.4. The molecular weight excluding hydrogens is 873 g/mol. The van der Waals surface area contributed by atoms with Gasteiger partial charge in [0.25, 0.3) is 18.1 Å². The molecule has 0 bridgehead atoms. The van der Waals surface area contributed by atoms with Gasteiger partial charge >= 0.3 is 0 Å². The lowest BCUT2D eigenvalue weighted by Crippen LogP contribution is -2.56. The molecular formula is C56H84O9Si2. The van der Waals surface area contributed by atoms with Crippen LogP contribution in [0.3, 0.4) is 0 Å². The topological polar surface area (TPSA) is 83.1 Å². The first-order valence-corrected chi connectivity index (χ1v) is 28.8. The van der Waals surface area contributed by atoms with Gasteiger partial charge in [-0.2, -0.15) is 0 Å². The number of hydrogen-bond acceptors (Lipinski definition) is 9. The van der Waals surface area contributed by atoms with Gasteiger partial charge < -0.3 is 42.0 Å². The summed E-state index contributed by atoms with van der Waals surface area (Å²) < 4.78 is 59.5. The average Bonchev–Trinajstić information content (AvgIpc) is 3.34. The van der Waals surface area contributed by atoms with Crippen LogP contribution in [0.25, 0.3) is 0 Å². The summed E-state index contributed by atoms with van der Waals surface area (Å²) >= 11 is 0. The van der Waals surface area contributed by atoms with Gasteiger partial charge in [-0.1, -0.05) is 131 Å². The van der Waals surface area contributed by atoms with Crippen LogP contribution in [0, 0.1) is 0 Å². The molecule has 0 N–H and O–H groups in total. The molecule has 0 aromatic heterocycles. The van der Waals surface area contributed by atoms with Gasteiger partial charge in [-0.05, 0) is 121 Å². The molecule has 0 heterocycles. The van der Waals surface area contributed by atoms with Gasteiger partial charge in [-0.15, -0.1) is 0 Å². The Bertz CT molecular complexity index is 1670. The Hall–Kier alpha value is -4.33. The van der Waals surface area contributed by atoms with Gasteiger partial charge in [0.15, 0.2) is 46.0 Å². The summed E-state index contributed by atoms with van der Waals surface area (Å²) in [4.78, 5) is 0. The molecule has 4 aromatic carbocycles. The van der Waals surface area contributed by atoms with Gasteiger partial charge in [0.2, 0.25) is 0 Å². The number of benzene rings is 4. The monoisotopic (exact) mass is 957 g/mol. The summed E-state index contributed by atoms with van der Waals surface area (Å²) in [6.07, 6.45) is 15.9. The molecule has 0 aliphatic heterocycles. The van der Waals surface area contributed by atoms with Crippen LogP contribution in [0.15, 0.2) is 72.8 Å². The van der Waals surface area contributed by atoms with Crippen LogP contribution < -0.4 is 58.6 Å². The third kappa shape index (κ3) is 18.9. The van der Waals surface area contributed by atoms with Crippen molar-refractivity contribution in [3.63, 3.8) is 0 Å². The maximum absolute atomic E-state index is 7.89. The molecule has 0 saturated heterocycles. The molecule has 11 heteroatoms. The Labute approximate surface area is 409 Å². The van der Waals surface area contributed by atoms with Gasteiger partial charge in [-0.3, -0.25) is 0 Å². The Morgan fingerprint density at radius 3 is 0.612 bits per heavy atom. The zero-order valence-corrected chi connectivity index (χ0v) is 44.6. The van der Waals surface area contributed by atoms with Gasteiger partial charge in [0, 0.05) is 0 Å². The molecule has 0 spiro atoms. The first-order chi connectivity index (χ1) is 32.9. The highest BCUT2D eigenvalue weighted by Crippen LogP contribution is 2.31. The maximum atomic E-state index is 7.89. The largest absolute Gasteiger partial charge is 0.490 e. The molecule has 0 aliphatic rings. The first kappa shape index (κ1) is 55.3. The summed E-state index contributed by atoms with van der Waals surface area (Å²) in [5.74, 6) is 5.96. The van der Waals surface area contributed by atoms with Crippen molar-refractivity contribution in [1.29, 1.82) is 0 Å². The summed E-state index contributed by atoms with van der Waals surface area (Å²) in [5, 5.41) is 4.16. The number of ether oxygens (including phenoxy) is 8. The Kier molecular flexibility index (Phi) is 27.4. The van der Waals surface area contributed by atoms with E-state index in [4.69, 9.17) is 42.0 Å². The molecule has 0 aliphatic carbocycles. The van der Waals surface area contributed by atoms with Crippen LogP contribution in [0.2, 0.25) is 0 Å². The first-order valence-electron chi connectivity index (χ1n) is 26.0. The van der Waals surface area contributed by atoms with E-state index in [2.05, 4.69) is 128 Å². The van der Waals surface area contributed by atoms with Crippen LogP contribution in [0.1, 0.15) is 158 Å². The summed E-state index contributed by atoms with van der Waals surface area (Å²) in [7, 11) is -4.14. The van der Waals surface area contributed by atoms with Crippen LogP contribution in [-0.4, -0.2) is 70.9 Å². The van der Waals surface area contributed by atoms with Gasteiger partial charge in [0.05, 0.1) is 52.9 Å². The molecule has 2 radical (unpaired) electrons. The smallest absolute Gasteiger partial charge is 0.272 e. The minimum atomic E-state index is -2.07. The fourth-order valence-corrected chi connectivity index (χ4v) is 12.2.